The fourth-order valence-electron chi connectivity index (χ4n) is 6.45. The lowest BCUT2D eigenvalue weighted by atomic mass is 9.65. The smallest absolute Gasteiger partial charge is 0.304 e. The normalized spacial score (nSPS) is 23.0. The summed E-state index contributed by atoms with van der Waals surface area (Å²) in [5, 5.41) is 23.7. The number of oxime groups is 1. The van der Waals surface area contributed by atoms with E-state index in [1.807, 2.05) is 41.0 Å². The topological polar surface area (TPSA) is 101 Å². The Morgan fingerprint density at radius 2 is 1.89 bits per heavy atom. The van der Waals surface area contributed by atoms with Gasteiger partial charge in [-0.3, -0.25) is 14.3 Å². The number of carbonyl (C=O) groups excluding carboxylic acids is 1. The molecule has 2 fully saturated rings. The van der Waals surface area contributed by atoms with Crippen LogP contribution in [0.3, 0.4) is 0 Å². The Hall–Kier alpha value is -3.72. The molecule has 5 rings (SSSR count). The number of likely N-dealkylation sites (tertiary alicyclic amines) is 1. The highest BCUT2D eigenvalue weighted by atomic mass is 16.6. The minimum Gasteiger partial charge on any atom is -0.497 e. The summed E-state index contributed by atoms with van der Waals surface area (Å²) in [6.07, 6.45) is 5.03. The van der Waals surface area contributed by atoms with Gasteiger partial charge in [0.2, 0.25) is 5.88 Å². The number of hydrogen-bond donors (Lipinski definition) is 1. The number of amides is 1. The van der Waals surface area contributed by atoms with Gasteiger partial charge in [0.05, 0.1) is 25.5 Å². The van der Waals surface area contributed by atoms with Crippen molar-refractivity contribution in [2.75, 3.05) is 20.3 Å². The summed E-state index contributed by atoms with van der Waals surface area (Å²) in [6, 6.07) is 15.4. The van der Waals surface area contributed by atoms with Crippen molar-refractivity contribution in [2.45, 2.75) is 52.7 Å². The number of azo groups is 1. The van der Waals surface area contributed by atoms with Crippen LogP contribution in [0.5, 0.6) is 11.6 Å². The minimum atomic E-state index is -0.600. The summed E-state index contributed by atoms with van der Waals surface area (Å²) >= 11 is 0. The average molecular weight is 518 g/mol. The molecule has 200 valence electrons. The van der Waals surface area contributed by atoms with Gasteiger partial charge in [-0.2, -0.15) is 0 Å². The Kier molecular flexibility index (Phi) is 6.96. The number of fused-ring (bicyclic) bond motifs is 3. The van der Waals surface area contributed by atoms with Crippen LogP contribution in [-0.4, -0.2) is 53.0 Å². The first-order valence-corrected chi connectivity index (χ1v) is 12.9. The van der Waals surface area contributed by atoms with Gasteiger partial charge in [-0.15, -0.1) is 10.2 Å². The van der Waals surface area contributed by atoms with E-state index >= 15 is 0 Å². The van der Waals surface area contributed by atoms with Gasteiger partial charge in [0.15, 0.2) is 12.3 Å². The molecular weight excluding hydrogens is 482 g/mol. The molecule has 2 bridgehead atoms. The van der Waals surface area contributed by atoms with Crippen molar-refractivity contribution in [1.29, 1.82) is 0 Å². The summed E-state index contributed by atoms with van der Waals surface area (Å²) in [4.78, 5) is 19.8. The number of carbonyl (C=O) groups is 1. The molecule has 2 heterocycles. The molecule has 2 aromatic carbocycles. The van der Waals surface area contributed by atoms with Crippen LogP contribution in [0.4, 0.5) is 5.69 Å². The van der Waals surface area contributed by atoms with Crippen LogP contribution < -0.4 is 4.74 Å². The predicted octanol–water partition coefficient (Wildman–Crippen LogP) is 5.87. The first-order valence-electron chi connectivity index (χ1n) is 12.9. The van der Waals surface area contributed by atoms with E-state index in [-0.39, 0.29) is 23.6 Å². The molecule has 0 unspecified atom stereocenters. The van der Waals surface area contributed by atoms with Gasteiger partial charge in [0.1, 0.15) is 5.75 Å². The molecule has 2 atom stereocenters. The van der Waals surface area contributed by atoms with Gasteiger partial charge in [-0.1, -0.05) is 44.1 Å². The third-order valence-electron chi connectivity index (χ3n) is 7.61. The zero-order chi connectivity index (χ0) is 26.9. The second-order valence-electron chi connectivity index (χ2n) is 11.6. The predicted molar refractivity (Wildman–Crippen MR) is 146 cm³/mol. The van der Waals surface area contributed by atoms with E-state index in [1.54, 1.807) is 19.2 Å². The SMILES string of the molecule is COc1ccc(/C=N\OCC(=O)N=Nc2c(O)n(CN3C[C@]4(C)C[C@H]3CC(C)(C)C4)c3ccccc23)cc1. The van der Waals surface area contributed by atoms with Crippen LogP contribution in [0.2, 0.25) is 0 Å². The Morgan fingerprint density at radius 1 is 1.13 bits per heavy atom. The van der Waals surface area contributed by atoms with Crippen molar-refractivity contribution in [3.63, 3.8) is 0 Å². The van der Waals surface area contributed by atoms with E-state index in [9.17, 15) is 9.90 Å². The number of methoxy groups -OCH3 is 1. The average Bonchev–Trinajstić information content (AvgIpc) is 3.28. The largest absolute Gasteiger partial charge is 0.497 e. The van der Waals surface area contributed by atoms with Crippen molar-refractivity contribution >= 4 is 28.7 Å². The highest BCUT2D eigenvalue weighted by molar-refractivity contribution is 5.95. The van der Waals surface area contributed by atoms with Crippen molar-refractivity contribution in [1.82, 2.24) is 9.47 Å². The van der Waals surface area contributed by atoms with Gasteiger partial charge < -0.3 is 14.7 Å². The van der Waals surface area contributed by atoms with E-state index in [0.717, 1.165) is 35.2 Å². The lowest BCUT2D eigenvalue weighted by molar-refractivity contribution is -0.122. The number of hydrogen-bond acceptors (Lipinski definition) is 7. The third kappa shape index (κ3) is 5.43. The summed E-state index contributed by atoms with van der Waals surface area (Å²) in [5.41, 5.74) is 2.54. The van der Waals surface area contributed by atoms with Crippen LogP contribution in [0, 0.1) is 10.8 Å². The summed E-state index contributed by atoms with van der Waals surface area (Å²) in [6.45, 7) is 8.29. The second kappa shape index (κ2) is 10.2. The Morgan fingerprint density at radius 3 is 2.66 bits per heavy atom. The van der Waals surface area contributed by atoms with Crippen LogP contribution in [-0.2, 0) is 16.3 Å². The number of ether oxygens (including phenoxy) is 1. The minimum absolute atomic E-state index is 0.00653. The summed E-state index contributed by atoms with van der Waals surface area (Å²) < 4.78 is 7.00. The van der Waals surface area contributed by atoms with Crippen LogP contribution in [0.15, 0.2) is 63.9 Å². The van der Waals surface area contributed by atoms with E-state index in [1.165, 1.54) is 19.1 Å². The van der Waals surface area contributed by atoms with Gasteiger partial charge in [-0.25, -0.2) is 0 Å². The molecule has 2 aliphatic rings. The van der Waals surface area contributed by atoms with E-state index < -0.39 is 5.91 Å². The van der Waals surface area contributed by atoms with E-state index in [4.69, 9.17) is 9.57 Å². The molecule has 0 spiro atoms. The maximum Gasteiger partial charge on any atom is 0.304 e. The molecule has 3 aromatic rings. The molecule has 9 heteroatoms. The second-order valence-corrected chi connectivity index (χ2v) is 11.6. The highest BCUT2D eigenvalue weighted by Crippen LogP contribution is 2.53. The Bertz CT molecular complexity index is 1380. The van der Waals surface area contributed by atoms with Gasteiger partial charge in [0.25, 0.3) is 0 Å². The molecule has 1 N–H and O–H groups in total. The Balaban J connectivity index is 1.27. The van der Waals surface area contributed by atoms with Crippen molar-refractivity contribution < 1.29 is 19.5 Å². The molecule has 1 amide bonds. The maximum absolute atomic E-state index is 12.3. The number of rotatable bonds is 8. The van der Waals surface area contributed by atoms with E-state index in [0.29, 0.717) is 18.1 Å². The molecular formula is C29H35N5O4. The van der Waals surface area contributed by atoms with E-state index in [2.05, 4.69) is 41.1 Å². The van der Waals surface area contributed by atoms with Crippen molar-refractivity contribution in [3.05, 3.63) is 54.1 Å². The molecule has 9 nitrogen and oxygen atoms in total. The van der Waals surface area contributed by atoms with Gasteiger partial charge in [-0.05, 0) is 66.0 Å². The number of aromatic nitrogens is 1. The number of benzene rings is 2. The number of nitrogens with zero attached hydrogens (tertiary/aromatic N) is 5. The maximum atomic E-state index is 12.3. The Labute approximate surface area is 222 Å². The third-order valence-corrected chi connectivity index (χ3v) is 7.61. The highest BCUT2D eigenvalue weighted by Gasteiger charge is 2.49. The first kappa shape index (κ1) is 25.9. The molecule has 38 heavy (non-hydrogen) atoms. The zero-order valence-corrected chi connectivity index (χ0v) is 22.4. The molecule has 1 aliphatic carbocycles. The first-order chi connectivity index (χ1) is 18.2. The van der Waals surface area contributed by atoms with Crippen LogP contribution >= 0.6 is 0 Å². The van der Waals surface area contributed by atoms with Crippen molar-refractivity contribution in [3.8, 4) is 11.6 Å². The van der Waals surface area contributed by atoms with Crippen molar-refractivity contribution in [2.24, 2.45) is 26.2 Å². The molecule has 1 aliphatic heterocycles. The molecule has 1 saturated carbocycles. The summed E-state index contributed by atoms with van der Waals surface area (Å²) in [7, 11) is 1.60. The molecule has 1 aromatic heterocycles. The molecule has 1 saturated heterocycles. The quantitative estimate of drug-likeness (QED) is 0.229. The molecule has 0 radical (unpaired) electrons. The monoisotopic (exact) mass is 517 g/mol. The van der Waals surface area contributed by atoms with Crippen LogP contribution in [0.25, 0.3) is 10.9 Å². The van der Waals surface area contributed by atoms with Crippen LogP contribution in [0.1, 0.15) is 45.6 Å². The zero-order valence-electron chi connectivity index (χ0n) is 22.4. The number of aromatic hydroxyl groups is 1. The fraction of sp³-hybridized carbons (Fsp3) is 0.448. The number of para-hydroxylation sites is 1. The summed E-state index contributed by atoms with van der Waals surface area (Å²) in [5.74, 6) is 0.147. The van der Waals surface area contributed by atoms with Gasteiger partial charge >= 0.3 is 5.91 Å². The fourth-order valence-corrected chi connectivity index (χ4v) is 6.45. The lowest BCUT2D eigenvalue weighted by Gasteiger charge is -2.40. The lowest BCUT2D eigenvalue weighted by Crippen LogP contribution is -2.35. The van der Waals surface area contributed by atoms with Gasteiger partial charge in [0, 0.05) is 18.0 Å². The standard InChI is InChI=1S/C29H35N5O4/c1-28(2)13-21-14-29(3,17-28)18-33(21)19-34-24-8-6-5-7-23(24)26(27(34)36)32-31-25(35)16-38-30-15-20-9-11-22(37-4)12-10-20/h5-12,15,21,36H,13-14,16-19H2,1-4H3/b30-15-,32-31?/t21-,29-/m1/s1.